The molecule has 0 aliphatic carbocycles. The van der Waals surface area contributed by atoms with Crippen molar-refractivity contribution in [1.29, 1.82) is 0 Å². The number of rotatable bonds is 3. The topological polar surface area (TPSA) is 65.3 Å². The minimum absolute atomic E-state index is 0.184. The lowest BCUT2D eigenvalue weighted by Gasteiger charge is -2.11. The molecule has 0 atom stereocenters. The zero-order valence-electron chi connectivity index (χ0n) is 10.3. The van der Waals surface area contributed by atoms with Crippen LogP contribution in [0.3, 0.4) is 0 Å². The molecule has 20 heavy (non-hydrogen) atoms. The van der Waals surface area contributed by atoms with Gasteiger partial charge >= 0.3 is 6.18 Å². The summed E-state index contributed by atoms with van der Waals surface area (Å²) in [5, 5.41) is 11.4. The van der Waals surface area contributed by atoms with Gasteiger partial charge < -0.3 is 4.74 Å². The zero-order valence-corrected chi connectivity index (χ0v) is 10.3. The van der Waals surface area contributed by atoms with E-state index in [4.69, 9.17) is 0 Å². The molecule has 1 aromatic heterocycles. The molecule has 0 radical (unpaired) electrons. The number of halogens is 3. The summed E-state index contributed by atoms with van der Waals surface area (Å²) in [4.78, 5) is 14.1. The fourth-order valence-corrected chi connectivity index (χ4v) is 1.84. The largest absolute Gasteiger partial charge is 0.468 e. The maximum atomic E-state index is 12.2. The lowest BCUT2D eigenvalue weighted by Crippen LogP contribution is -2.19. The van der Waals surface area contributed by atoms with Gasteiger partial charge in [0.1, 0.15) is 0 Å². The molecule has 8 heteroatoms. The highest BCUT2D eigenvalue weighted by Crippen LogP contribution is 2.33. The Bertz CT molecular complexity index is 671. The minimum Gasteiger partial charge on any atom is -0.468 e. The highest BCUT2D eigenvalue weighted by molar-refractivity contribution is 5.96. The van der Waals surface area contributed by atoms with Gasteiger partial charge in [0.2, 0.25) is 5.88 Å². The first kappa shape index (κ1) is 14.0. The Labute approximate surface area is 111 Å². The van der Waals surface area contributed by atoms with Gasteiger partial charge in [0, 0.05) is 12.3 Å². The van der Waals surface area contributed by atoms with Crippen LogP contribution in [0.15, 0.2) is 24.4 Å². The van der Waals surface area contributed by atoms with E-state index in [9.17, 15) is 23.3 Å². The van der Waals surface area contributed by atoms with Crippen molar-refractivity contribution in [3.63, 3.8) is 0 Å². The molecular formula is C12H9F3N2O3. The first-order valence-corrected chi connectivity index (χ1v) is 5.52. The van der Waals surface area contributed by atoms with Crippen LogP contribution in [0, 0.1) is 17.0 Å². The van der Waals surface area contributed by atoms with Gasteiger partial charge in [-0.1, -0.05) is 6.07 Å². The van der Waals surface area contributed by atoms with Crippen molar-refractivity contribution >= 4 is 16.5 Å². The van der Waals surface area contributed by atoms with Gasteiger partial charge in [0.15, 0.2) is 6.61 Å². The summed E-state index contributed by atoms with van der Waals surface area (Å²) in [6, 6.07) is 4.10. The molecular weight excluding hydrogens is 277 g/mol. The van der Waals surface area contributed by atoms with Crippen molar-refractivity contribution < 1.29 is 22.8 Å². The second-order valence-corrected chi connectivity index (χ2v) is 4.11. The highest BCUT2D eigenvalue weighted by atomic mass is 19.4. The first-order valence-electron chi connectivity index (χ1n) is 5.52. The molecule has 1 aromatic carbocycles. The number of nitro benzene ring substituents is 1. The van der Waals surface area contributed by atoms with Gasteiger partial charge in [-0.15, -0.1) is 0 Å². The Morgan fingerprint density at radius 1 is 1.40 bits per heavy atom. The first-order chi connectivity index (χ1) is 9.29. The second kappa shape index (κ2) is 4.95. The van der Waals surface area contributed by atoms with Crippen molar-refractivity contribution in [1.82, 2.24) is 4.98 Å². The number of non-ortho nitro benzene ring substituents is 1. The monoisotopic (exact) mass is 286 g/mol. The molecule has 0 saturated heterocycles. The van der Waals surface area contributed by atoms with E-state index in [0.717, 1.165) is 0 Å². The number of aryl methyl sites for hydroxylation is 1. The van der Waals surface area contributed by atoms with Gasteiger partial charge in [0.05, 0.1) is 15.7 Å². The molecule has 2 rings (SSSR count). The summed E-state index contributed by atoms with van der Waals surface area (Å²) in [5.41, 5.74) is 0.297. The molecule has 1 heterocycles. The van der Waals surface area contributed by atoms with Gasteiger partial charge in [-0.2, -0.15) is 13.2 Å². The van der Waals surface area contributed by atoms with Crippen LogP contribution >= 0.6 is 0 Å². The Morgan fingerprint density at radius 3 is 2.70 bits per heavy atom. The summed E-state index contributed by atoms with van der Waals surface area (Å²) in [6.45, 7) is 0.0940. The number of alkyl halides is 3. The molecule has 2 aromatic rings. The number of aromatic nitrogens is 1. The normalized spacial score (nSPS) is 11.6. The zero-order chi connectivity index (χ0) is 14.9. The van der Waals surface area contributed by atoms with E-state index in [1.165, 1.54) is 24.4 Å². The summed E-state index contributed by atoms with van der Waals surface area (Å²) in [5.74, 6) is -0.272. The van der Waals surface area contributed by atoms with E-state index in [1.807, 2.05) is 0 Å². The molecule has 0 bridgehead atoms. The second-order valence-electron chi connectivity index (χ2n) is 4.11. The third-order valence-corrected chi connectivity index (χ3v) is 2.61. The third-order valence-electron chi connectivity index (χ3n) is 2.61. The smallest absolute Gasteiger partial charge is 0.422 e. The number of nitrogens with zero attached hydrogens (tertiary/aromatic N) is 2. The van der Waals surface area contributed by atoms with Crippen LogP contribution in [0.2, 0.25) is 0 Å². The third kappa shape index (κ3) is 2.79. The molecule has 0 aliphatic rings. The van der Waals surface area contributed by atoms with Crippen LogP contribution in [-0.4, -0.2) is 22.7 Å². The van der Waals surface area contributed by atoms with Gasteiger partial charge in [-0.25, -0.2) is 4.98 Å². The lowest BCUT2D eigenvalue weighted by molar-refractivity contribution is -0.383. The molecule has 0 N–H and O–H groups in total. The van der Waals surface area contributed by atoms with Crippen molar-refractivity contribution in [3.05, 3.63) is 40.1 Å². The maximum absolute atomic E-state index is 12.2. The molecule has 0 amide bonds. The molecule has 106 valence electrons. The van der Waals surface area contributed by atoms with Crippen molar-refractivity contribution in [2.75, 3.05) is 6.61 Å². The van der Waals surface area contributed by atoms with E-state index in [0.29, 0.717) is 5.56 Å². The van der Waals surface area contributed by atoms with Crippen LogP contribution in [0.25, 0.3) is 10.8 Å². The van der Waals surface area contributed by atoms with E-state index < -0.39 is 17.7 Å². The number of benzene rings is 1. The number of ether oxygens (including phenoxy) is 1. The average molecular weight is 286 g/mol. The Hall–Kier alpha value is -2.38. The molecule has 5 nitrogen and oxygen atoms in total. The number of nitro groups is 1. The highest BCUT2D eigenvalue weighted by Gasteiger charge is 2.29. The van der Waals surface area contributed by atoms with Crippen LogP contribution in [0.1, 0.15) is 5.56 Å². The fraction of sp³-hybridized carbons (Fsp3) is 0.250. The lowest BCUT2D eigenvalue weighted by atomic mass is 10.1. The van der Waals surface area contributed by atoms with Crippen molar-refractivity contribution in [2.45, 2.75) is 13.1 Å². The van der Waals surface area contributed by atoms with Gasteiger partial charge in [-0.3, -0.25) is 10.1 Å². The Kier molecular flexibility index (Phi) is 3.47. The minimum atomic E-state index is -4.50. The number of hydrogen-bond acceptors (Lipinski definition) is 4. The number of hydrogen-bond donors (Lipinski definition) is 0. The predicted molar refractivity (Wildman–Crippen MR) is 64.7 cm³/mol. The summed E-state index contributed by atoms with van der Waals surface area (Å²) < 4.78 is 41.1. The quantitative estimate of drug-likeness (QED) is 0.640. The fourth-order valence-electron chi connectivity index (χ4n) is 1.84. The standard InChI is InChI=1S/C12H9F3N2O3/c1-7-5-16-11(20-6-12(13,14)15)8-3-2-4-9(10(7)8)17(18)19/h2-5H,6H2,1H3. The molecule has 0 fully saturated rings. The van der Waals surface area contributed by atoms with Crippen molar-refractivity contribution in [3.8, 4) is 5.88 Å². The van der Waals surface area contributed by atoms with Crippen LogP contribution in [-0.2, 0) is 0 Å². The number of fused-ring (bicyclic) bond motifs is 1. The number of pyridine rings is 1. The summed E-state index contributed by atoms with van der Waals surface area (Å²) in [7, 11) is 0. The van der Waals surface area contributed by atoms with Gasteiger partial charge in [-0.05, 0) is 18.6 Å². The van der Waals surface area contributed by atoms with Gasteiger partial charge in [0.25, 0.3) is 5.69 Å². The van der Waals surface area contributed by atoms with Crippen LogP contribution in [0.5, 0.6) is 5.88 Å². The maximum Gasteiger partial charge on any atom is 0.422 e. The van der Waals surface area contributed by atoms with E-state index in [2.05, 4.69) is 9.72 Å². The average Bonchev–Trinajstić information content (AvgIpc) is 2.36. The van der Waals surface area contributed by atoms with Crippen molar-refractivity contribution in [2.24, 2.45) is 0 Å². The molecule has 0 unspecified atom stereocenters. The Morgan fingerprint density at radius 2 is 2.10 bits per heavy atom. The van der Waals surface area contributed by atoms with Crippen LogP contribution < -0.4 is 4.74 Å². The summed E-state index contributed by atoms with van der Waals surface area (Å²) >= 11 is 0. The van der Waals surface area contributed by atoms with E-state index >= 15 is 0 Å². The summed E-state index contributed by atoms with van der Waals surface area (Å²) in [6.07, 6.45) is -3.25. The van der Waals surface area contributed by atoms with E-state index in [1.54, 1.807) is 6.92 Å². The molecule has 0 spiro atoms. The predicted octanol–water partition coefficient (Wildman–Crippen LogP) is 3.39. The van der Waals surface area contributed by atoms with Crippen LogP contribution in [0.4, 0.5) is 18.9 Å². The molecule has 0 aliphatic heterocycles. The molecule has 0 saturated carbocycles. The Balaban J connectivity index is 2.56. The SMILES string of the molecule is Cc1cnc(OCC(F)(F)F)c2cccc([N+](=O)[O-])c12. The van der Waals surface area contributed by atoms with E-state index in [-0.39, 0.29) is 22.3 Å².